The maximum Gasteiger partial charge on any atom is 0.222 e. The summed E-state index contributed by atoms with van der Waals surface area (Å²) < 4.78 is 0.873. The smallest absolute Gasteiger partial charge is 0.222 e. The van der Waals surface area contributed by atoms with Crippen molar-refractivity contribution in [3.63, 3.8) is 0 Å². The lowest BCUT2D eigenvalue weighted by molar-refractivity contribution is -0.132. The van der Waals surface area contributed by atoms with E-state index in [-0.39, 0.29) is 5.91 Å². The Kier molecular flexibility index (Phi) is 5.13. The highest BCUT2D eigenvalue weighted by molar-refractivity contribution is 9.10. The van der Waals surface area contributed by atoms with Crippen molar-refractivity contribution >= 4 is 27.8 Å². The minimum absolute atomic E-state index is 0.279. The van der Waals surface area contributed by atoms with Gasteiger partial charge in [-0.05, 0) is 35.2 Å². The zero-order valence-corrected chi connectivity index (χ0v) is 12.7. The molecule has 2 rings (SSSR count). The third-order valence-electron chi connectivity index (χ3n) is 3.27. The van der Waals surface area contributed by atoms with E-state index in [1.54, 1.807) is 12.4 Å². The van der Waals surface area contributed by atoms with Gasteiger partial charge in [-0.1, -0.05) is 6.92 Å². The van der Waals surface area contributed by atoms with Crippen molar-refractivity contribution in [2.24, 2.45) is 0 Å². The van der Waals surface area contributed by atoms with E-state index in [1.807, 2.05) is 11.8 Å². The highest BCUT2D eigenvalue weighted by Crippen LogP contribution is 2.16. The Labute approximate surface area is 121 Å². The molecule has 1 amide bonds. The molecule has 1 saturated heterocycles. The second-order valence-electron chi connectivity index (χ2n) is 4.77. The SMILES string of the molecule is CCCC(=O)N1CCC(Nc2ncc(Br)cn2)CC1. The summed E-state index contributed by atoms with van der Waals surface area (Å²) in [4.78, 5) is 22.2. The van der Waals surface area contributed by atoms with E-state index in [2.05, 4.69) is 31.2 Å². The van der Waals surface area contributed by atoms with Crippen molar-refractivity contribution in [3.05, 3.63) is 16.9 Å². The summed E-state index contributed by atoms with van der Waals surface area (Å²) in [6.07, 6.45) is 6.95. The van der Waals surface area contributed by atoms with E-state index in [9.17, 15) is 4.79 Å². The normalized spacial score (nSPS) is 16.4. The third kappa shape index (κ3) is 4.16. The van der Waals surface area contributed by atoms with Crippen LogP contribution in [0.1, 0.15) is 32.6 Å². The van der Waals surface area contributed by atoms with Crippen molar-refractivity contribution < 1.29 is 4.79 Å². The summed E-state index contributed by atoms with van der Waals surface area (Å²) in [5, 5.41) is 3.32. The molecule has 104 valence electrons. The lowest BCUT2D eigenvalue weighted by Gasteiger charge is -2.32. The van der Waals surface area contributed by atoms with Gasteiger partial charge >= 0.3 is 0 Å². The zero-order valence-electron chi connectivity index (χ0n) is 11.1. The van der Waals surface area contributed by atoms with E-state index < -0.39 is 0 Å². The molecule has 1 N–H and O–H groups in total. The van der Waals surface area contributed by atoms with Crippen molar-refractivity contribution in [3.8, 4) is 0 Å². The molecule has 0 saturated carbocycles. The molecular weight excluding hydrogens is 308 g/mol. The first-order valence-corrected chi connectivity index (χ1v) is 7.50. The Morgan fingerprint density at radius 3 is 2.63 bits per heavy atom. The number of halogens is 1. The van der Waals surface area contributed by atoms with Crippen LogP contribution in [0.3, 0.4) is 0 Å². The van der Waals surface area contributed by atoms with Gasteiger partial charge in [0.05, 0.1) is 4.47 Å². The second-order valence-corrected chi connectivity index (χ2v) is 5.69. The van der Waals surface area contributed by atoms with Gasteiger partial charge in [0.15, 0.2) is 0 Å². The van der Waals surface area contributed by atoms with Gasteiger partial charge in [0.2, 0.25) is 11.9 Å². The Morgan fingerprint density at radius 2 is 2.05 bits per heavy atom. The Hall–Kier alpha value is -1.17. The van der Waals surface area contributed by atoms with Crippen LogP contribution in [-0.2, 0) is 4.79 Å². The molecule has 0 atom stereocenters. The number of amides is 1. The summed E-state index contributed by atoms with van der Waals surface area (Å²) in [6.45, 7) is 3.69. The number of anilines is 1. The molecule has 1 aromatic heterocycles. The Bertz CT molecular complexity index is 415. The van der Waals surface area contributed by atoms with Gasteiger partial charge in [0, 0.05) is 37.9 Å². The number of rotatable bonds is 4. The fraction of sp³-hybridized carbons (Fsp3) is 0.615. The van der Waals surface area contributed by atoms with Crippen LogP contribution in [0.2, 0.25) is 0 Å². The van der Waals surface area contributed by atoms with E-state index in [0.29, 0.717) is 18.4 Å². The fourth-order valence-electron chi connectivity index (χ4n) is 2.21. The number of piperidine rings is 1. The molecule has 1 aliphatic heterocycles. The van der Waals surface area contributed by atoms with E-state index >= 15 is 0 Å². The highest BCUT2D eigenvalue weighted by atomic mass is 79.9. The Morgan fingerprint density at radius 1 is 1.42 bits per heavy atom. The first-order chi connectivity index (χ1) is 9.19. The molecule has 6 heteroatoms. The quantitative estimate of drug-likeness (QED) is 0.923. The molecule has 0 bridgehead atoms. The van der Waals surface area contributed by atoms with Crippen LogP contribution in [0.5, 0.6) is 0 Å². The molecule has 0 radical (unpaired) electrons. The minimum Gasteiger partial charge on any atom is -0.351 e. The molecule has 1 aromatic rings. The van der Waals surface area contributed by atoms with Gasteiger partial charge in [-0.3, -0.25) is 4.79 Å². The molecule has 1 fully saturated rings. The van der Waals surface area contributed by atoms with E-state index in [4.69, 9.17) is 0 Å². The van der Waals surface area contributed by atoms with Gasteiger partial charge in [0.1, 0.15) is 0 Å². The molecule has 0 aliphatic carbocycles. The summed E-state index contributed by atoms with van der Waals surface area (Å²) in [6, 6.07) is 0.354. The predicted octanol–water partition coefficient (Wildman–Crippen LogP) is 2.44. The van der Waals surface area contributed by atoms with Crippen LogP contribution >= 0.6 is 15.9 Å². The topological polar surface area (TPSA) is 58.1 Å². The highest BCUT2D eigenvalue weighted by Gasteiger charge is 2.22. The standard InChI is InChI=1S/C13H19BrN4O/c1-2-3-12(19)18-6-4-11(5-7-18)17-13-15-8-10(14)9-16-13/h8-9,11H,2-7H2,1H3,(H,15,16,17). The molecule has 19 heavy (non-hydrogen) atoms. The van der Waals surface area contributed by atoms with E-state index in [1.165, 1.54) is 0 Å². The van der Waals surface area contributed by atoms with Crippen LogP contribution in [0.25, 0.3) is 0 Å². The largest absolute Gasteiger partial charge is 0.351 e. The van der Waals surface area contributed by atoms with Crippen LogP contribution in [0, 0.1) is 0 Å². The average molecular weight is 327 g/mol. The lowest BCUT2D eigenvalue weighted by atomic mass is 10.0. The summed E-state index contributed by atoms with van der Waals surface area (Å²) >= 11 is 3.31. The number of nitrogens with zero attached hydrogens (tertiary/aromatic N) is 3. The Balaban J connectivity index is 1.80. The third-order valence-corrected chi connectivity index (χ3v) is 3.67. The molecule has 1 aliphatic rings. The van der Waals surface area contributed by atoms with Crippen molar-refractivity contribution in [1.82, 2.24) is 14.9 Å². The molecule has 5 nitrogen and oxygen atoms in total. The van der Waals surface area contributed by atoms with Crippen LogP contribution in [-0.4, -0.2) is 39.9 Å². The van der Waals surface area contributed by atoms with Crippen LogP contribution < -0.4 is 5.32 Å². The van der Waals surface area contributed by atoms with Crippen molar-refractivity contribution in [2.75, 3.05) is 18.4 Å². The molecule has 2 heterocycles. The first kappa shape index (κ1) is 14.2. The van der Waals surface area contributed by atoms with Gasteiger partial charge in [0.25, 0.3) is 0 Å². The number of aromatic nitrogens is 2. The van der Waals surface area contributed by atoms with E-state index in [0.717, 1.165) is 36.8 Å². The number of likely N-dealkylation sites (tertiary alicyclic amines) is 1. The number of hydrogen-bond acceptors (Lipinski definition) is 4. The zero-order chi connectivity index (χ0) is 13.7. The minimum atomic E-state index is 0.279. The van der Waals surface area contributed by atoms with Crippen LogP contribution in [0.15, 0.2) is 16.9 Å². The number of carbonyl (C=O) groups is 1. The first-order valence-electron chi connectivity index (χ1n) is 6.71. The maximum atomic E-state index is 11.8. The molecule has 0 aromatic carbocycles. The van der Waals surface area contributed by atoms with Gasteiger partial charge in [-0.2, -0.15) is 0 Å². The molecule has 0 spiro atoms. The summed E-state index contributed by atoms with van der Waals surface area (Å²) in [7, 11) is 0. The maximum absolute atomic E-state index is 11.8. The molecule has 0 unspecified atom stereocenters. The fourth-order valence-corrected chi connectivity index (χ4v) is 2.42. The van der Waals surface area contributed by atoms with Crippen molar-refractivity contribution in [2.45, 2.75) is 38.6 Å². The summed E-state index contributed by atoms with van der Waals surface area (Å²) in [5.41, 5.74) is 0. The number of nitrogens with one attached hydrogen (secondary N) is 1. The average Bonchev–Trinajstić information content (AvgIpc) is 2.42. The lowest BCUT2D eigenvalue weighted by Crippen LogP contribution is -2.42. The van der Waals surface area contributed by atoms with Gasteiger partial charge < -0.3 is 10.2 Å². The molecular formula is C13H19BrN4O. The number of carbonyl (C=O) groups excluding carboxylic acids is 1. The number of hydrogen-bond donors (Lipinski definition) is 1. The van der Waals surface area contributed by atoms with Crippen molar-refractivity contribution in [1.29, 1.82) is 0 Å². The van der Waals surface area contributed by atoms with Crippen LogP contribution in [0.4, 0.5) is 5.95 Å². The van der Waals surface area contributed by atoms with Gasteiger partial charge in [-0.15, -0.1) is 0 Å². The van der Waals surface area contributed by atoms with Gasteiger partial charge in [-0.25, -0.2) is 9.97 Å². The monoisotopic (exact) mass is 326 g/mol. The summed E-state index contributed by atoms with van der Waals surface area (Å²) in [5.74, 6) is 0.933. The second kappa shape index (κ2) is 6.84. The predicted molar refractivity (Wildman–Crippen MR) is 77.9 cm³/mol.